The second-order valence-corrected chi connectivity index (χ2v) is 3.99. The van der Waals surface area contributed by atoms with E-state index in [-0.39, 0.29) is 28.4 Å². The van der Waals surface area contributed by atoms with Gasteiger partial charge in [-0.1, -0.05) is 6.08 Å². The van der Waals surface area contributed by atoms with Crippen molar-refractivity contribution >= 4 is 5.91 Å². The summed E-state index contributed by atoms with van der Waals surface area (Å²) in [5.41, 5.74) is 0.149. The van der Waals surface area contributed by atoms with Crippen LogP contribution in [-0.2, 0) is 40.6 Å². The first kappa shape index (κ1) is 24.5. The molecule has 1 fully saturated rings. The largest absolute Gasteiger partial charge is 0 e. The van der Waals surface area contributed by atoms with Crippen molar-refractivity contribution in [3.63, 3.8) is 0 Å². The number of ether oxygens (including phenoxy) is 1. The van der Waals surface area contributed by atoms with Crippen LogP contribution in [0.25, 0.3) is 0 Å². The van der Waals surface area contributed by atoms with Crippen LogP contribution in [0.15, 0.2) is 24.0 Å². The number of methoxy groups -OCH3 is 1. The maximum absolute atomic E-state index is 11.0. The molecule has 1 unspecified atom stereocenters. The topological polar surface area (TPSA) is 98.0 Å². The van der Waals surface area contributed by atoms with Crippen LogP contribution < -0.4 is 5.32 Å². The Hall–Kier alpha value is -1.51. The van der Waals surface area contributed by atoms with Crippen molar-refractivity contribution in [2.75, 3.05) is 13.7 Å². The molecule has 1 aliphatic heterocycles. The fraction of sp³-hybridized carbons (Fsp3) is 0.429. The predicted molar refractivity (Wildman–Crippen MR) is 65.3 cm³/mol. The summed E-state index contributed by atoms with van der Waals surface area (Å²) >= 11 is 0. The van der Waals surface area contributed by atoms with Crippen LogP contribution in [0, 0.1) is 25.4 Å². The molecule has 114 valence electrons. The van der Waals surface area contributed by atoms with Gasteiger partial charge in [0.05, 0.1) is 7.11 Å². The number of hydrogen-bond donors (Lipinski definition) is 1. The molecule has 0 radical (unpaired) electrons. The molecule has 1 heterocycles. The molecule has 0 saturated carbocycles. The number of allylic oxidation sites excluding steroid dienone is 2. The molecule has 1 spiro atoms. The van der Waals surface area contributed by atoms with Gasteiger partial charge in [0, 0.05) is 35.4 Å². The number of carbonyl (C=O) groups excluding carboxylic acids is 1. The second kappa shape index (κ2) is 14.9. The summed E-state index contributed by atoms with van der Waals surface area (Å²) in [6, 6.07) is 0. The van der Waals surface area contributed by atoms with E-state index in [1.165, 1.54) is 0 Å². The Balaban J connectivity index is -0.000000414. The molecule has 0 aromatic rings. The van der Waals surface area contributed by atoms with Crippen molar-refractivity contribution < 1.29 is 40.6 Å². The molecule has 21 heavy (non-hydrogen) atoms. The van der Waals surface area contributed by atoms with Crippen LogP contribution >= 0.6 is 0 Å². The first-order chi connectivity index (χ1) is 9.74. The van der Waals surface area contributed by atoms with Crippen molar-refractivity contribution in [1.29, 1.82) is 0 Å². The monoisotopic (exact) mass is 333 g/mol. The minimum absolute atomic E-state index is 0. The van der Waals surface area contributed by atoms with Crippen molar-refractivity contribution in [1.82, 2.24) is 5.32 Å². The summed E-state index contributed by atoms with van der Waals surface area (Å²) in [7, 11) is 1.68. The molecule has 0 bridgehead atoms. The fourth-order valence-corrected chi connectivity index (χ4v) is 1.98. The van der Waals surface area contributed by atoms with Gasteiger partial charge in [-0.25, -0.2) is 0 Å². The summed E-state index contributed by atoms with van der Waals surface area (Å²) in [5, 5.41) is 2.92. The fourth-order valence-electron chi connectivity index (χ4n) is 1.98. The van der Waals surface area contributed by atoms with Gasteiger partial charge in [-0.15, -0.1) is 0 Å². The molecule has 1 atom stereocenters. The van der Waals surface area contributed by atoms with E-state index in [9.17, 15) is 4.79 Å². The molecule has 1 aliphatic carbocycles. The molecule has 0 aromatic heterocycles. The third-order valence-corrected chi connectivity index (χ3v) is 3.03. The van der Waals surface area contributed by atoms with Gasteiger partial charge in [-0.05, 0) is 25.0 Å². The van der Waals surface area contributed by atoms with E-state index in [0.29, 0.717) is 6.42 Å². The van der Waals surface area contributed by atoms with Gasteiger partial charge < -0.3 is 10.1 Å². The van der Waals surface area contributed by atoms with Crippen LogP contribution in [0.2, 0.25) is 0 Å². The van der Waals surface area contributed by atoms with E-state index in [2.05, 4.69) is 37.4 Å². The van der Waals surface area contributed by atoms with E-state index >= 15 is 0 Å². The van der Waals surface area contributed by atoms with E-state index in [1.54, 1.807) is 7.11 Å². The number of piperidine rings is 1. The van der Waals surface area contributed by atoms with Crippen molar-refractivity contribution in [2.24, 2.45) is 5.41 Å². The Bertz CT molecular complexity index is 399. The van der Waals surface area contributed by atoms with Gasteiger partial charge in [0.2, 0.25) is 5.91 Å². The van der Waals surface area contributed by atoms with E-state index in [0.717, 1.165) is 25.1 Å². The molecular formula is C14H15FeNO5. The Morgan fingerprint density at radius 3 is 2.14 bits per heavy atom. The third-order valence-electron chi connectivity index (χ3n) is 3.03. The van der Waals surface area contributed by atoms with Crippen molar-refractivity contribution in [2.45, 2.75) is 19.3 Å². The Labute approximate surface area is 134 Å². The predicted octanol–water partition coefficient (Wildman–Crippen LogP) is 1.26. The molecular weight excluding hydrogens is 318 g/mol. The van der Waals surface area contributed by atoms with E-state index in [1.807, 2.05) is 6.08 Å². The van der Waals surface area contributed by atoms with Crippen LogP contribution in [0.3, 0.4) is 0 Å². The average Bonchev–Trinajstić information content (AvgIpc) is 2.57. The zero-order valence-electron chi connectivity index (χ0n) is 11.5. The van der Waals surface area contributed by atoms with Crippen molar-refractivity contribution in [3.05, 3.63) is 43.9 Å². The summed E-state index contributed by atoms with van der Waals surface area (Å²) in [6.45, 7) is 14.3. The van der Waals surface area contributed by atoms with Crippen LogP contribution in [0.1, 0.15) is 19.3 Å². The summed E-state index contributed by atoms with van der Waals surface area (Å²) in [4.78, 5) is 11.0. The first-order valence-electron chi connectivity index (χ1n) is 5.55. The van der Waals surface area contributed by atoms with Crippen LogP contribution in [0.4, 0.5) is 0 Å². The zero-order valence-corrected chi connectivity index (χ0v) is 12.6. The van der Waals surface area contributed by atoms with Gasteiger partial charge in [0.15, 0.2) is 0 Å². The quantitative estimate of drug-likeness (QED) is 0.444. The molecule has 1 saturated heterocycles. The molecule has 0 aromatic carbocycles. The molecule has 7 heteroatoms. The maximum Gasteiger partial charge on any atom is 0 e. The number of rotatable bonds is 1. The minimum Gasteiger partial charge on any atom is 0 e. The van der Waals surface area contributed by atoms with Gasteiger partial charge in [0.1, 0.15) is 5.76 Å². The number of nitrogens with one attached hydrogen (secondary N) is 1. The number of carbonyl (C=O) groups is 1. The van der Waals surface area contributed by atoms with Gasteiger partial charge in [-0.3, -0.25) is 4.79 Å². The molecule has 2 rings (SSSR count). The normalized spacial score (nSPS) is 21.1. The Morgan fingerprint density at radius 2 is 1.81 bits per heavy atom. The van der Waals surface area contributed by atoms with E-state index < -0.39 is 0 Å². The molecule has 2 aliphatic rings. The number of amides is 1. The minimum atomic E-state index is 0. The van der Waals surface area contributed by atoms with Crippen molar-refractivity contribution in [3.8, 4) is 0 Å². The summed E-state index contributed by atoms with van der Waals surface area (Å²) < 4.78 is 27.6. The Kier molecular flexibility index (Phi) is 17.4. The van der Waals surface area contributed by atoms with Gasteiger partial charge >= 0.3 is 33.9 Å². The number of hydrogen-bond acceptors (Lipinski definition) is 2. The standard InChI is InChI=1S/C11H15NO2.3CO.Fe/c1-14-9-2-5-11(6-3-9)7-4-10(13)12-8-11;3*1-2;/h2-3,5H,4,6-8H2,1H3,(H,12,13);;;;. The first-order valence-corrected chi connectivity index (χ1v) is 5.55. The maximum atomic E-state index is 11.0. The SMILES string of the molecule is COC1=CCC2(C=C1)CCC(=O)NC2.[C-]#[O+].[C-]#[O+].[C-]#[O+].[Fe]. The van der Waals surface area contributed by atoms with Crippen LogP contribution in [-0.4, -0.2) is 19.6 Å². The smallest absolute Gasteiger partial charge is 0 e. The average molecular weight is 333 g/mol. The summed E-state index contributed by atoms with van der Waals surface area (Å²) in [6.07, 6.45) is 8.82. The zero-order chi connectivity index (χ0) is 16.0. The van der Waals surface area contributed by atoms with Crippen LogP contribution in [0.5, 0.6) is 0 Å². The van der Waals surface area contributed by atoms with Gasteiger partial charge in [0.25, 0.3) is 0 Å². The summed E-state index contributed by atoms with van der Waals surface area (Å²) in [5.74, 6) is 1.10. The van der Waals surface area contributed by atoms with Gasteiger partial charge in [-0.2, -0.15) is 0 Å². The molecule has 1 N–H and O–H groups in total. The molecule has 1 amide bonds. The van der Waals surface area contributed by atoms with E-state index in [4.69, 9.17) is 18.7 Å². The molecule has 6 nitrogen and oxygen atoms in total. The third kappa shape index (κ3) is 8.38. The second-order valence-electron chi connectivity index (χ2n) is 3.99. The Morgan fingerprint density at radius 1 is 1.24 bits per heavy atom.